The van der Waals surface area contributed by atoms with Crippen molar-refractivity contribution >= 4 is 17.0 Å². The lowest BCUT2D eigenvalue weighted by Gasteiger charge is -2.26. The summed E-state index contributed by atoms with van der Waals surface area (Å²) in [5.41, 5.74) is 2.18. The molecule has 1 aromatic carbocycles. The number of aryl methyl sites for hydroxylation is 1. The van der Waals surface area contributed by atoms with Gasteiger partial charge in [0.25, 0.3) is 11.5 Å². The lowest BCUT2D eigenvalue weighted by Crippen LogP contribution is -2.37. The quantitative estimate of drug-likeness (QED) is 0.498. The van der Waals surface area contributed by atoms with Crippen molar-refractivity contribution in [3.63, 3.8) is 0 Å². The molecule has 1 N–H and O–H groups in total. The molecule has 3 rings (SSSR count). The second-order valence-electron chi connectivity index (χ2n) is 5.53. The summed E-state index contributed by atoms with van der Waals surface area (Å²) in [5.74, 6) is 0.383. The van der Waals surface area contributed by atoms with Crippen LogP contribution in [0.15, 0.2) is 18.2 Å². The van der Waals surface area contributed by atoms with Crippen molar-refractivity contribution in [2.45, 2.75) is 13.3 Å². The number of rotatable bonds is 5. The van der Waals surface area contributed by atoms with Crippen LogP contribution >= 0.6 is 0 Å². The Morgan fingerprint density at radius 1 is 1.36 bits per heavy atom. The smallest absolute Gasteiger partial charge is 0.290 e. The fraction of sp³-hybridized carbons (Fsp3) is 0.533. The normalized spacial score (nSPS) is 16.0. The van der Waals surface area contributed by atoms with Gasteiger partial charge in [-0.1, -0.05) is 6.07 Å². The van der Waals surface area contributed by atoms with Gasteiger partial charge < -0.3 is 15.3 Å². The molecule has 22 heavy (non-hydrogen) atoms. The van der Waals surface area contributed by atoms with E-state index in [4.69, 9.17) is 4.74 Å². The largest absolute Gasteiger partial charge is 0.594 e. The molecule has 0 amide bonds. The highest BCUT2D eigenvalue weighted by atomic mass is 16.5. The first kappa shape index (κ1) is 14.9. The molecule has 0 atom stereocenters. The molecule has 1 aromatic heterocycles. The summed E-state index contributed by atoms with van der Waals surface area (Å²) in [6, 6.07) is 5.59. The lowest BCUT2D eigenvalue weighted by molar-refractivity contribution is -0.641. The van der Waals surface area contributed by atoms with E-state index in [0.29, 0.717) is 21.8 Å². The van der Waals surface area contributed by atoms with Gasteiger partial charge in [-0.3, -0.25) is 4.90 Å². The predicted molar refractivity (Wildman–Crippen MR) is 83.6 cm³/mol. The predicted octanol–water partition coefficient (Wildman–Crippen LogP) is 0.706. The van der Waals surface area contributed by atoms with Crippen molar-refractivity contribution in [1.29, 1.82) is 0 Å². The summed E-state index contributed by atoms with van der Waals surface area (Å²) in [5, 5.41) is 19.0. The SMILES string of the molecule is Cc1ccc2nc(NCCCN3CCOCC3)n[n+]([O-])c2c1. The van der Waals surface area contributed by atoms with Gasteiger partial charge in [0, 0.05) is 25.7 Å². The fourth-order valence-corrected chi connectivity index (χ4v) is 2.56. The Bertz CT molecular complexity index is 643. The summed E-state index contributed by atoms with van der Waals surface area (Å²) in [6.45, 7) is 7.32. The number of nitrogens with zero attached hydrogens (tertiary/aromatic N) is 4. The van der Waals surface area contributed by atoms with E-state index in [9.17, 15) is 5.21 Å². The molecule has 0 radical (unpaired) electrons. The monoisotopic (exact) mass is 303 g/mol. The maximum atomic E-state index is 11.9. The molecular weight excluding hydrogens is 282 g/mol. The van der Waals surface area contributed by atoms with Crippen LogP contribution in [0.3, 0.4) is 0 Å². The molecular formula is C15H21N5O2. The van der Waals surface area contributed by atoms with E-state index >= 15 is 0 Å². The third-order valence-electron chi connectivity index (χ3n) is 3.79. The fourth-order valence-electron chi connectivity index (χ4n) is 2.56. The van der Waals surface area contributed by atoms with E-state index in [1.165, 1.54) is 0 Å². The molecule has 1 saturated heterocycles. The minimum absolute atomic E-state index is 0.383. The highest BCUT2D eigenvalue weighted by Crippen LogP contribution is 2.10. The summed E-state index contributed by atoms with van der Waals surface area (Å²) >= 11 is 0. The maximum absolute atomic E-state index is 11.9. The zero-order valence-corrected chi connectivity index (χ0v) is 12.8. The van der Waals surface area contributed by atoms with Crippen LogP contribution in [0.5, 0.6) is 0 Å². The van der Waals surface area contributed by atoms with Crippen molar-refractivity contribution < 1.29 is 9.58 Å². The summed E-state index contributed by atoms with van der Waals surface area (Å²) < 4.78 is 5.32. The second kappa shape index (κ2) is 6.85. The zero-order chi connectivity index (χ0) is 15.4. The van der Waals surface area contributed by atoms with E-state index < -0.39 is 0 Å². The lowest BCUT2D eigenvalue weighted by atomic mass is 10.2. The number of anilines is 1. The summed E-state index contributed by atoms with van der Waals surface area (Å²) in [6.07, 6.45) is 0.980. The highest BCUT2D eigenvalue weighted by molar-refractivity contribution is 5.72. The molecule has 0 spiro atoms. The summed E-state index contributed by atoms with van der Waals surface area (Å²) in [4.78, 5) is 7.40. The van der Waals surface area contributed by atoms with Gasteiger partial charge in [-0.25, -0.2) is 4.98 Å². The molecule has 2 aromatic rings. The molecule has 0 aliphatic carbocycles. The van der Waals surface area contributed by atoms with Gasteiger partial charge >= 0.3 is 0 Å². The van der Waals surface area contributed by atoms with Crippen LogP contribution in [0.1, 0.15) is 12.0 Å². The minimum atomic E-state index is 0.383. The van der Waals surface area contributed by atoms with E-state index in [1.54, 1.807) is 6.07 Å². The number of hydrogen-bond acceptors (Lipinski definition) is 6. The van der Waals surface area contributed by atoms with E-state index in [1.807, 2.05) is 19.1 Å². The van der Waals surface area contributed by atoms with Crippen LogP contribution in [0, 0.1) is 12.1 Å². The van der Waals surface area contributed by atoms with E-state index in [0.717, 1.165) is 51.4 Å². The van der Waals surface area contributed by atoms with Crippen LogP contribution in [-0.4, -0.2) is 54.4 Å². The van der Waals surface area contributed by atoms with Gasteiger partial charge in [0.05, 0.1) is 18.3 Å². The van der Waals surface area contributed by atoms with Crippen molar-refractivity contribution in [3.8, 4) is 0 Å². The van der Waals surface area contributed by atoms with Crippen LogP contribution in [0.25, 0.3) is 11.0 Å². The van der Waals surface area contributed by atoms with E-state index in [-0.39, 0.29) is 0 Å². The minimum Gasteiger partial charge on any atom is -0.594 e. The third kappa shape index (κ3) is 3.61. The first-order valence-corrected chi connectivity index (χ1v) is 7.64. The Morgan fingerprint density at radius 3 is 3.00 bits per heavy atom. The molecule has 1 aliphatic rings. The molecule has 2 heterocycles. The Kier molecular flexibility index (Phi) is 4.65. The molecule has 7 nitrogen and oxygen atoms in total. The average Bonchev–Trinajstić information content (AvgIpc) is 2.53. The number of hydrogen-bond donors (Lipinski definition) is 1. The Hall–Kier alpha value is -1.99. The number of aromatic nitrogens is 3. The van der Waals surface area contributed by atoms with Gasteiger partial charge in [-0.2, -0.15) is 0 Å². The molecule has 1 aliphatic heterocycles. The maximum Gasteiger partial charge on any atom is 0.290 e. The molecule has 0 unspecified atom stereocenters. The van der Waals surface area contributed by atoms with Crippen LogP contribution < -0.4 is 10.2 Å². The van der Waals surface area contributed by atoms with Gasteiger partial charge in [0.2, 0.25) is 0 Å². The molecule has 7 heteroatoms. The van der Waals surface area contributed by atoms with Crippen molar-refractivity contribution in [3.05, 3.63) is 29.0 Å². The Balaban J connectivity index is 1.56. The van der Waals surface area contributed by atoms with Crippen LogP contribution in [0.4, 0.5) is 5.95 Å². The first-order valence-electron chi connectivity index (χ1n) is 7.64. The third-order valence-corrected chi connectivity index (χ3v) is 3.79. The molecule has 0 saturated carbocycles. The second-order valence-corrected chi connectivity index (χ2v) is 5.53. The molecule has 0 bridgehead atoms. The first-order chi connectivity index (χ1) is 10.7. The van der Waals surface area contributed by atoms with Crippen molar-refractivity contribution in [2.75, 3.05) is 44.7 Å². The van der Waals surface area contributed by atoms with Crippen molar-refractivity contribution in [1.82, 2.24) is 15.0 Å². The number of morpholine rings is 1. The standard InChI is InChI=1S/C15H21N5O2/c1-12-3-4-13-14(11-12)20(21)18-15(17-13)16-5-2-6-19-7-9-22-10-8-19/h3-4,11H,2,5-10H2,1H3,(H,16,17,18). The summed E-state index contributed by atoms with van der Waals surface area (Å²) in [7, 11) is 0. The highest BCUT2D eigenvalue weighted by Gasteiger charge is 2.12. The van der Waals surface area contributed by atoms with Crippen LogP contribution in [-0.2, 0) is 4.74 Å². The molecule has 1 fully saturated rings. The number of fused-ring (bicyclic) bond motifs is 1. The Labute approximate surface area is 129 Å². The van der Waals surface area contributed by atoms with Gasteiger partial charge in [0.1, 0.15) is 5.52 Å². The van der Waals surface area contributed by atoms with Gasteiger partial charge in [-0.05, 0) is 36.4 Å². The van der Waals surface area contributed by atoms with E-state index in [2.05, 4.69) is 20.3 Å². The van der Waals surface area contributed by atoms with Gasteiger partial charge in [-0.15, -0.1) is 0 Å². The molecule has 118 valence electrons. The van der Waals surface area contributed by atoms with Crippen molar-refractivity contribution in [2.24, 2.45) is 0 Å². The zero-order valence-electron chi connectivity index (χ0n) is 12.8. The Morgan fingerprint density at radius 2 is 2.18 bits per heavy atom. The number of ether oxygens (including phenoxy) is 1. The average molecular weight is 303 g/mol. The number of benzene rings is 1. The van der Waals surface area contributed by atoms with Crippen LogP contribution in [0.2, 0.25) is 0 Å². The topological polar surface area (TPSA) is 77.2 Å². The number of nitrogens with one attached hydrogen (secondary N) is 1. The van der Waals surface area contributed by atoms with Gasteiger partial charge in [0.15, 0.2) is 0 Å².